The van der Waals surface area contributed by atoms with Crippen molar-refractivity contribution in [2.45, 2.75) is 0 Å². The van der Waals surface area contributed by atoms with Crippen LogP contribution in [0.25, 0.3) is 0 Å². The van der Waals surface area contributed by atoms with E-state index in [9.17, 15) is 0 Å². The van der Waals surface area contributed by atoms with Gasteiger partial charge in [0.05, 0.1) is 0 Å². The fourth-order valence-corrected chi connectivity index (χ4v) is 0.324. The van der Waals surface area contributed by atoms with Gasteiger partial charge in [-0.3, -0.25) is 0 Å². The average Bonchev–Trinajstić information content (AvgIpc) is 1.91. The van der Waals surface area contributed by atoms with Gasteiger partial charge in [0, 0.05) is 58.4 Å². The minimum atomic E-state index is 0. The van der Waals surface area contributed by atoms with Gasteiger partial charge in [-0.05, 0) is 12.2 Å². The summed E-state index contributed by atoms with van der Waals surface area (Å²) in [4.78, 5) is 0. The Bertz CT molecular complexity index is 202. The van der Waals surface area contributed by atoms with E-state index in [1.54, 1.807) is 11.7 Å². The van der Waals surface area contributed by atoms with Crippen molar-refractivity contribution in [3.8, 4) is 0 Å². The third kappa shape index (κ3) is 2.04. The van der Waals surface area contributed by atoms with Crippen LogP contribution in [0, 0.1) is 4.77 Å². The van der Waals surface area contributed by atoms with Crippen LogP contribution in [0.4, 0.5) is 0 Å². The van der Waals surface area contributed by atoms with Gasteiger partial charge in [0.1, 0.15) is 0 Å². The molecule has 0 fully saturated rings. The number of hydrogen-bond donors (Lipinski definition) is 1. The molecule has 0 aliphatic carbocycles. The van der Waals surface area contributed by atoms with Crippen molar-refractivity contribution >= 4 is 63.6 Å². The normalized spacial score (nSPS) is 8.12. The van der Waals surface area contributed by atoms with E-state index in [4.69, 9.17) is 0 Å². The first-order chi connectivity index (χ1) is 3.30. The van der Waals surface area contributed by atoms with Crippen LogP contribution in [0.1, 0.15) is 0 Å². The molecule has 39 valence electrons. The van der Waals surface area contributed by atoms with Gasteiger partial charge in [0.15, 0.2) is 0 Å². The number of hydrogen-bond acceptors (Lipinski definition) is 3. The van der Waals surface area contributed by atoms with Gasteiger partial charge in [0.25, 0.3) is 0 Å². The molecule has 4 nitrogen and oxygen atoms in total. The molecule has 0 aliphatic heterocycles. The Morgan fingerprint density at radius 1 is 1.75 bits per heavy atom. The number of rotatable bonds is 0. The smallest absolute Gasteiger partial charge is 0.237 e. The first-order valence-electron chi connectivity index (χ1n) is 1.75. The van der Waals surface area contributed by atoms with Gasteiger partial charge in [0.2, 0.25) is 4.77 Å². The minimum Gasteiger partial charge on any atom is -0.246 e. The van der Waals surface area contributed by atoms with E-state index < -0.39 is 0 Å². The predicted molar refractivity (Wildman–Crippen MR) is 31.9 cm³/mol. The topological polar surface area (TPSA) is 46.5 Å². The fourth-order valence-electron chi connectivity index (χ4n) is 0.242. The van der Waals surface area contributed by atoms with Crippen LogP contribution in [0.15, 0.2) is 0 Å². The molecule has 0 bridgehead atoms. The summed E-state index contributed by atoms with van der Waals surface area (Å²) in [7, 11) is 1.75. The van der Waals surface area contributed by atoms with Crippen molar-refractivity contribution in [2.24, 2.45) is 7.05 Å². The Morgan fingerprint density at radius 2 is 2.38 bits per heavy atom. The molecule has 0 saturated carbocycles. The molecule has 1 N–H and O–H groups in total. The Hall–Kier alpha value is 0.926. The number of aromatic nitrogens is 4. The van der Waals surface area contributed by atoms with Crippen molar-refractivity contribution < 1.29 is 0 Å². The number of aryl methyl sites for hydroxylation is 1. The Balaban J connectivity index is 0.000000490. The summed E-state index contributed by atoms with van der Waals surface area (Å²) in [5.74, 6) is 0. The molecule has 1 aromatic rings. The number of tetrazole rings is 1. The molecule has 6 heteroatoms. The molecule has 0 aromatic carbocycles. The SMILES string of the molecule is Cn1[nH]nnc1=S.[K]. The molecule has 1 rings (SSSR count). The van der Waals surface area contributed by atoms with Crippen LogP contribution in [0.2, 0.25) is 0 Å². The zero-order valence-corrected chi connectivity index (χ0v) is 8.69. The van der Waals surface area contributed by atoms with Crippen LogP contribution < -0.4 is 0 Å². The number of nitrogens with one attached hydrogen (secondary N) is 1. The van der Waals surface area contributed by atoms with E-state index in [1.807, 2.05) is 0 Å². The third-order valence-electron chi connectivity index (χ3n) is 0.617. The van der Waals surface area contributed by atoms with Crippen LogP contribution in [0.5, 0.6) is 0 Å². The first kappa shape index (κ1) is 8.93. The van der Waals surface area contributed by atoms with Crippen molar-refractivity contribution in [3.63, 3.8) is 0 Å². The molecule has 0 amide bonds. The van der Waals surface area contributed by atoms with Crippen LogP contribution in [-0.4, -0.2) is 71.6 Å². The largest absolute Gasteiger partial charge is 0.246 e. The zero-order valence-electron chi connectivity index (χ0n) is 4.75. The summed E-state index contributed by atoms with van der Waals surface area (Å²) in [6.45, 7) is 0. The molecule has 0 unspecified atom stereocenters. The number of H-pyrrole nitrogens is 1. The summed E-state index contributed by atoms with van der Waals surface area (Å²) in [5, 5.41) is 9.41. The molecule has 0 saturated heterocycles. The van der Waals surface area contributed by atoms with E-state index in [0.717, 1.165) is 0 Å². The van der Waals surface area contributed by atoms with E-state index in [-0.39, 0.29) is 51.4 Å². The zero-order chi connectivity index (χ0) is 5.28. The molecule has 1 radical (unpaired) electrons. The number of nitrogens with zero attached hydrogens (tertiary/aromatic N) is 3. The summed E-state index contributed by atoms with van der Waals surface area (Å²) in [6, 6.07) is 0. The van der Waals surface area contributed by atoms with E-state index in [1.165, 1.54) is 0 Å². The van der Waals surface area contributed by atoms with Crippen molar-refractivity contribution in [3.05, 3.63) is 4.77 Å². The molecule has 8 heavy (non-hydrogen) atoms. The standard InChI is InChI=1S/C2H4N4S.K/c1-6-2(7)3-4-5-6;/h1H3,(H,3,5,7);. The second kappa shape index (κ2) is 3.86. The summed E-state index contributed by atoms with van der Waals surface area (Å²) in [6.07, 6.45) is 0. The van der Waals surface area contributed by atoms with E-state index in [0.29, 0.717) is 4.77 Å². The van der Waals surface area contributed by atoms with Crippen molar-refractivity contribution in [1.29, 1.82) is 0 Å². The Morgan fingerprint density at radius 3 is 2.50 bits per heavy atom. The first-order valence-corrected chi connectivity index (χ1v) is 2.15. The van der Waals surface area contributed by atoms with Crippen LogP contribution >= 0.6 is 12.2 Å². The van der Waals surface area contributed by atoms with Gasteiger partial charge < -0.3 is 0 Å². The summed E-state index contributed by atoms with van der Waals surface area (Å²) in [5.41, 5.74) is 0. The van der Waals surface area contributed by atoms with Crippen LogP contribution in [-0.2, 0) is 7.05 Å². The third-order valence-corrected chi connectivity index (χ3v) is 0.973. The molecule has 1 aromatic heterocycles. The van der Waals surface area contributed by atoms with Crippen molar-refractivity contribution in [2.75, 3.05) is 0 Å². The molecular weight excluding hydrogens is 151 g/mol. The van der Waals surface area contributed by atoms with Gasteiger partial charge in [-0.1, -0.05) is 10.3 Å². The minimum absolute atomic E-state index is 0. The van der Waals surface area contributed by atoms with Gasteiger partial charge in [-0.25, -0.2) is 4.68 Å². The molecule has 0 spiro atoms. The second-order valence-corrected chi connectivity index (χ2v) is 1.51. The Kier molecular flexibility index (Phi) is 4.31. The maximum atomic E-state index is 4.64. The Labute approximate surface area is 94.1 Å². The van der Waals surface area contributed by atoms with Gasteiger partial charge >= 0.3 is 0 Å². The van der Waals surface area contributed by atoms with E-state index >= 15 is 0 Å². The quantitative estimate of drug-likeness (QED) is 0.405. The number of aromatic amines is 1. The summed E-state index contributed by atoms with van der Waals surface area (Å²) >= 11 is 4.64. The predicted octanol–water partition coefficient (Wildman–Crippen LogP) is -0.508. The fraction of sp³-hybridized carbons (Fsp3) is 0.500. The maximum absolute atomic E-state index is 4.64. The molecule has 0 atom stereocenters. The average molecular weight is 155 g/mol. The van der Waals surface area contributed by atoms with E-state index in [2.05, 4.69) is 27.7 Å². The molecule has 1 heterocycles. The van der Waals surface area contributed by atoms with Gasteiger partial charge in [-0.2, -0.15) is 5.21 Å². The maximum Gasteiger partial charge on any atom is 0.237 e. The monoisotopic (exact) mass is 155 g/mol. The van der Waals surface area contributed by atoms with Gasteiger partial charge in [-0.15, -0.1) is 0 Å². The summed E-state index contributed by atoms with van der Waals surface area (Å²) < 4.78 is 2.02. The molecular formula is C2H4KN4S. The van der Waals surface area contributed by atoms with Crippen molar-refractivity contribution in [1.82, 2.24) is 20.2 Å². The second-order valence-electron chi connectivity index (χ2n) is 1.14. The van der Waals surface area contributed by atoms with Crippen LogP contribution in [0.3, 0.4) is 0 Å². The molecule has 0 aliphatic rings.